The first-order chi connectivity index (χ1) is 37.4. The van der Waals surface area contributed by atoms with E-state index in [1.54, 1.807) is 0 Å². The molecule has 0 aromatic rings. The Morgan fingerprint density at radius 3 is 1.38 bits per heavy atom. The number of amides is 1. The largest absolute Gasteiger partial charge is 0.472 e. The van der Waals surface area contributed by atoms with Crippen molar-refractivity contribution in [1.29, 1.82) is 0 Å². The number of quaternary nitrogens is 1. The van der Waals surface area contributed by atoms with Crippen LogP contribution in [-0.4, -0.2) is 74.3 Å². The van der Waals surface area contributed by atoms with Crippen molar-refractivity contribution in [3.05, 3.63) is 85.1 Å². The molecule has 3 unspecified atom stereocenters. The maximum Gasteiger partial charge on any atom is 0.472 e. The van der Waals surface area contributed by atoms with Gasteiger partial charge < -0.3 is 19.4 Å². The van der Waals surface area contributed by atoms with Crippen LogP contribution in [0.3, 0.4) is 0 Å². The Hall–Kier alpha value is -2.81. The monoisotopic (exact) mass is 1100 g/mol. The summed E-state index contributed by atoms with van der Waals surface area (Å²) in [4.78, 5) is 37.8. The molecule has 0 heterocycles. The summed E-state index contributed by atoms with van der Waals surface area (Å²) in [5.41, 5.74) is 0. The number of esters is 1. The van der Waals surface area contributed by atoms with Crippen LogP contribution < -0.4 is 5.32 Å². The maximum absolute atomic E-state index is 13.6. The molecular formula is C67H122N2O7P+. The quantitative estimate of drug-likeness (QED) is 0.0156. The third kappa shape index (κ3) is 57.7. The molecule has 0 aliphatic rings. The number of nitrogens with one attached hydrogen (secondary N) is 1. The maximum atomic E-state index is 13.6. The number of nitrogens with zero attached hydrogens (tertiary/aromatic N) is 1. The average molecular weight is 1100 g/mol. The predicted molar refractivity (Wildman–Crippen MR) is 332 cm³/mol. The fraction of sp³-hybridized carbons (Fsp3) is 0.761. The van der Waals surface area contributed by atoms with E-state index in [-0.39, 0.29) is 31.5 Å². The first-order valence-corrected chi connectivity index (χ1v) is 33.4. The number of ether oxygens (including phenoxy) is 1. The highest BCUT2D eigenvalue weighted by Crippen LogP contribution is 2.43. The van der Waals surface area contributed by atoms with E-state index < -0.39 is 20.0 Å². The van der Waals surface area contributed by atoms with E-state index in [0.717, 1.165) is 89.9 Å². The van der Waals surface area contributed by atoms with Gasteiger partial charge >= 0.3 is 13.8 Å². The minimum absolute atomic E-state index is 0.0342. The molecule has 0 saturated carbocycles. The molecule has 2 N–H and O–H groups in total. The first kappa shape index (κ1) is 74.2. The molecule has 3 atom stereocenters. The summed E-state index contributed by atoms with van der Waals surface area (Å²) >= 11 is 0. The SMILES string of the molecule is CC/C=C/C=C/C=C/CCCCCCCCCC(=O)OC(/C=C\CCCCCCCCCCCCC)C(COP(=O)(O)OCC[N+](C)(C)C)NC(=O)CCCCCCCCCCCC/C=C\C/C=C\C/C=C\CCCCC. The number of hydrogen-bond acceptors (Lipinski definition) is 6. The van der Waals surface area contributed by atoms with Crippen molar-refractivity contribution in [3.63, 3.8) is 0 Å². The summed E-state index contributed by atoms with van der Waals surface area (Å²) in [6, 6.07) is -0.859. The molecule has 0 rings (SSSR count). The molecule has 9 nitrogen and oxygen atoms in total. The Morgan fingerprint density at radius 1 is 0.481 bits per heavy atom. The van der Waals surface area contributed by atoms with Crippen molar-refractivity contribution in [2.45, 2.75) is 290 Å². The molecule has 0 radical (unpaired) electrons. The van der Waals surface area contributed by atoms with Crippen LogP contribution in [0.25, 0.3) is 0 Å². The lowest BCUT2D eigenvalue weighted by Gasteiger charge is -2.27. The average Bonchev–Trinajstić information content (AvgIpc) is 3.39. The molecule has 77 heavy (non-hydrogen) atoms. The molecule has 0 bridgehead atoms. The minimum atomic E-state index is -4.46. The number of allylic oxidation sites excluding steroid dienone is 13. The first-order valence-electron chi connectivity index (χ1n) is 31.9. The van der Waals surface area contributed by atoms with Crippen molar-refractivity contribution in [1.82, 2.24) is 5.32 Å². The minimum Gasteiger partial charge on any atom is -0.456 e. The molecule has 446 valence electrons. The third-order valence-electron chi connectivity index (χ3n) is 13.9. The Balaban J connectivity index is 5.22. The van der Waals surface area contributed by atoms with Gasteiger partial charge in [0.05, 0.1) is 33.8 Å². The number of phosphoric acid groups is 1. The van der Waals surface area contributed by atoms with Crippen LogP contribution in [0, 0.1) is 0 Å². The lowest BCUT2D eigenvalue weighted by atomic mass is 10.0. The van der Waals surface area contributed by atoms with Crippen LogP contribution in [0.5, 0.6) is 0 Å². The van der Waals surface area contributed by atoms with Gasteiger partial charge in [-0.3, -0.25) is 18.6 Å². The molecule has 0 aromatic heterocycles. The van der Waals surface area contributed by atoms with Crippen LogP contribution in [0.1, 0.15) is 278 Å². The smallest absolute Gasteiger partial charge is 0.456 e. The Kier molecular flexibility index (Phi) is 54.4. The molecule has 0 aliphatic carbocycles. The van der Waals surface area contributed by atoms with E-state index in [9.17, 15) is 19.0 Å². The number of likely N-dealkylation sites (N-methyl/N-ethyl adjacent to an activating group) is 1. The van der Waals surface area contributed by atoms with Crippen LogP contribution in [0.4, 0.5) is 0 Å². The fourth-order valence-electron chi connectivity index (χ4n) is 8.95. The molecule has 0 saturated heterocycles. The standard InChI is InChI=1S/C67H121N2O7P/c1-7-10-13-16-19-22-25-28-30-31-32-33-34-35-36-37-39-41-44-47-50-53-56-59-66(70)68-64(63-75-77(72,73)74-62-61-69(4,5)6)65(58-55-52-49-46-43-40-27-24-21-18-15-12-9-3)76-67(71)60-57-54-51-48-45-42-38-29-26-23-20-17-14-11-8-2/h11,14,17,19-20,22-23,26,28,30,32-33,55,58,64-65H,7-10,12-13,15-16,18,21,24-25,27,29,31,34-54,56-57,59-63H2,1-6H3,(H-,68,70,72,73)/p+1/b14-11+,20-17+,22-19-,26-23+,30-28-,33-32-,58-55-. The van der Waals surface area contributed by atoms with Crippen molar-refractivity contribution in [2.24, 2.45) is 0 Å². The van der Waals surface area contributed by atoms with E-state index >= 15 is 0 Å². The summed E-state index contributed by atoms with van der Waals surface area (Å²) in [5.74, 6) is -0.522. The van der Waals surface area contributed by atoms with Gasteiger partial charge in [-0.15, -0.1) is 0 Å². The lowest BCUT2D eigenvalue weighted by molar-refractivity contribution is -0.870. The van der Waals surface area contributed by atoms with E-state index in [0.29, 0.717) is 17.4 Å². The topological polar surface area (TPSA) is 111 Å². The lowest BCUT2D eigenvalue weighted by Crippen LogP contribution is -2.47. The van der Waals surface area contributed by atoms with Gasteiger partial charge in [-0.25, -0.2) is 4.57 Å². The Labute approximate surface area is 476 Å². The van der Waals surface area contributed by atoms with Crippen LogP contribution in [-0.2, 0) is 27.9 Å². The van der Waals surface area contributed by atoms with Gasteiger partial charge in [0.1, 0.15) is 19.3 Å². The number of carbonyl (C=O) groups is 2. The molecule has 1 amide bonds. The molecule has 0 aliphatic heterocycles. The summed E-state index contributed by atoms with van der Waals surface area (Å²) in [6.07, 6.45) is 74.3. The summed E-state index contributed by atoms with van der Waals surface area (Å²) < 4.78 is 30.7. The number of hydrogen-bond donors (Lipinski definition) is 2. The highest BCUT2D eigenvalue weighted by atomic mass is 31.2. The normalized spacial score (nSPS) is 14.2. The predicted octanol–water partition coefficient (Wildman–Crippen LogP) is 19.8. The second kappa shape index (κ2) is 56.5. The van der Waals surface area contributed by atoms with Gasteiger partial charge in [0.2, 0.25) is 5.91 Å². The zero-order valence-corrected chi connectivity index (χ0v) is 51.8. The van der Waals surface area contributed by atoms with E-state index in [4.69, 9.17) is 13.8 Å². The molecule has 0 aromatic carbocycles. The van der Waals surface area contributed by atoms with Gasteiger partial charge in [0.25, 0.3) is 0 Å². The number of unbranched alkanes of at least 4 members (excludes halogenated alkanes) is 31. The van der Waals surface area contributed by atoms with Gasteiger partial charge in [-0.2, -0.15) is 0 Å². The van der Waals surface area contributed by atoms with Gasteiger partial charge in [0, 0.05) is 12.8 Å². The summed E-state index contributed by atoms with van der Waals surface area (Å²) in [6.45, 7) is 6.86. The van der Waals surface area contributed by atoms with E-state index in [1.165, 1.54) is 154 Å². The van der Waals surface area contributed by atoms with E-state index in [1.807, 2.05) is 33.3 Å². The number of carbonyl (C=O) groups excluding carboxylic acids is 2. The fourth-order valence-corrected chi connectivity index (χ4v) is 9.68. The second-order valence-electron chi connectivity index (χ2n) is 22.6. The Bertz CT molecular complexity index is 1590. The van der Waals surface area contributed by atoms with Crippen molar-refractivity contribution in [3.8, 4) is 0 Å². The van der Waals surface area contributed by atoms with Crippen molar-refractivity contribution < 1.29 is 37.3 Å². The second-order valence-corrected chi connectivity index (χ2v) is 24.1. The number of phosphoric ester groups is 1. The van der Waals surface area contributed by atoms with Gasteiger partial charge in [-0.05, 0) is 89.5 Å². The van der Waals surface area contributed by atoms with Crippen molar-refractivity contribution in [2.75, 3.05) is 40.9 Å². The molecule has 10 heteroatoms. The zero-order chi connectivity index (χ0) is 56.4. The summed E-state index contributed by atoms with van der Waals surface area (Å²) in [5, 5.41) is 3.06. The zero-order valence-electron chi connectivity index (χ0n) is 50.9. The highest BCUT2D eigenvalue weighted by Gasteiger charge is 2.30. The third-order valence-corrected chi connectivity index (χ3v) is 14.9. The van der Waals surface area contributed by atoms with Gasteiger partial charge in [-0.1, -0.05) is 260 Å². The molecule has 0 fully saturated rings. The Morgan fingerprint density at radius 2 is 0.883 bits per heavy atom. The van der Waals surface area contributed by atoms with Crippen LogP contribution in [0.2, 0.25) is 0 Å². The van der Waals surface area contributed by atoms with Gasteiger partial charge in [0.15, 0.2) is 0 Å². The van der Waals surface area contributed by atoms with Crippen LogP contribution >= 0.6 is 7.82 Å². The van der Waals surface area contributed by atoms with Crippen molar-refractivity contribution >= 4 is 19.7 Å². The van der Waals surface area contributed by atoms with E-state index in [2.05, 4.69) is 99.0 Å². The molecule has 0 spiro atoms. The molecular weight excluding hydrogens is 976 g/mol. The highest BCUT2D eigenvalue weighted by molar-refractivity contribution is 7.47. The number of rotatable bonds is 57. The van der Waals surface area contributed by atoms with Crippen LogP contribution in [0.15, 0.2) is 85.1 Å². The summed E-state index contributed by atoms with van der Waals surface area (Å²) in [7, 11) is 1.48.